The number of hydrogen-bond donors (Lipinski definition) is 4. The van der Waals surface area contributed by atoms with E-state index in [-0.39, 0.29) is 0 Å². The van der Waals surface area contributed by atoms with Crippen molar-refractivity contribution >= 4 is 23.6 Å². The molecule has 0 atom stereocenters. The molecule has 18 heavy (non-hydrogen) atoms. The van der Waals surface area contributed by atoms with E-state index in [0.29, 0.717) is 6.07 Å². The van der Waals surface area contributed by atoms with Crippen LogP contribution in [-0.2, 0) is 0 Å². The fourth-order valence-electron chi connectivity index (χ4n) is 1.12. The van der Waals surface area contributed by atoms with Gasteiger partial charge < -0.3 is 22.3 Å². The zero-order valence-electron chi connectivity index (χ0n) is 8.89. The Labute approximate surface area is 99.6 Å². The summed E-state index contributed by atoms with van der Waals surface area (Å²) in [5.41, 5.74) is 13.9. The van der Waals surface area contributed by atoms with Crippen LogP contribution in [0.5, 0.6) is 0 Å². The molecule has 96 valence electrons. The molecule has 1 aromatic rings. The second-order valence-electron chi connectivity index (χ2n) is 3.07. The predicted octanol–water partition coefficient (Wildman–Crippen LogP) is -0.117. The van der Waals surface area contributed by atoms with Crippen LogP contribution in [0.25, 0.3) is 0 Å². The molecule has 7 nitrogen and oxygen atoms in total. The summed E-state index contributed by atoms with van der Waals surface area (Å²) >= 11 is 0. The summed E-state index contributed by atoms with van der Waals surface area (Å²) in [7, 11) is 0. The second-order valence-corrected chi connectivity index (χ2v) is 3.07. The van der Waals surface area contributed by atoms with Gasteiger partial charge in [-0.25, -0.2) is 18.6 Å². The molecular formula is C9H9F2N5O2. The summed E-state index contributed by atoms with van der Waals surface area (Å²) in [6.45, 7) is 0. The van der Waals surface area contributed by atoms with E-state index < -0.39 is 40.8 Å². The molecule has 1 rings (SSSR count). The number of aliphatic imine (C=N–C) groups is 2. The zero-order valence-corrected chi connectivity index (χ0v) is 8.89. The minimum absolute atomic E-state index is 0.399. The van der Waals surface area contributed by atoms with Gasteiger partial charge in [-0.05, 0) is 12.1 Å². The molecule has 7 N–H and O–H groups in total. The van der Waals surface area contributed by atoms with Crippen molar-refractivity contribution in [1.82, 2.24) is 0 Å². The number of guanidine groups is 2. The molecule has 0 fully saturated rings. The SMILES string of the molecule is NC(N)=NC(N)=Nc1ccc(F)c(F)c1C(=O)O. The van der Waals surface area contributed by atoms with E-state index in [1.807, 2.05) is 0 Å². The Morgan fingerprint density at radius 3 is 2.33 bits per heavy atom. The molecule has 0 aliphatic rings. The maximum Gasteiger partial charge on any atom is 0.341 e. The average molecular weight is 257 g/mol. The lowest BCUT2D eigenvalue weighted by atomic mass is 10.1. The largest absolute Gasteiger partial charge is 0.478 e. The molecule has 0 aliphatic carbocycles. The third-order valence-electron chi connectivity index (χ3n) is 1.77. The summed E-state index contributed by atoms with van der Waals surface area (Å²) in [5, 5.41) is 8.76. The van der Waals surface area contributed by atoms with Crippen molar-refractivity contribution in [3.63, 3.8) is 0 Å². The number of rotatable bonds is 2. The highest BCUT2D eigenvalue weighted by Crippen LogP contribution is 2.24. The molecule has 0 aliphatic heterocycles. The van der Waals surface area contributed by atoms with Gasteiger partial charge in [-0.1, -0.05) is 0 Å². The fourth-order valence-corrected chi connectivity index (χ4v) is 1.12. The number of carbonyl (C=O) groups is 1. The van der Waals surface area contributed by atoms with Crippen LogP contribution < -0.4 is 17.2 Å². The van der Waals surface area contributed by atoms with Crippen molar-refractivity contribution in [2.45, 2.75) is 0 Å². The van der Waals surface area contributed by atoms with Crippen molar-refractivity contribution in [2.75, 3.05) is 0 Å². The van der Waals surface area contributed by atoms with E-state index in [0.717, 1.165) is 6.07 Å². The van der Waals surface area contributed by atoms with E-state index in [4.69, 9.17) is 22.3 Å². The highest BCUT2D eigenvalue weighted by molar-refractivity contribution is 5.97. The van der Waals surface area contributed by atoms with Gasteiger partial charge in [0.1, 0.15) is 5.56 Å². The lowest BCUT2D eigenvalue weighted by Gasteiger charge is -2.03. The first kappa shape index (κ1) is 13.4. The Morgan fingerprint density at radius 1 is 1.22 bits per heavy atom. The summed E-state index contributed by atoms with van der Waals surface area (Å²) in [5.74, 6) is -5.43. The summed E-state index contributed by atoms with van der Waals surface area (Å²) in [4.78, 5) is 17.6. The molecule has 0 aromatic heterocycles. The fraction of sp³-hybridized carbons (Fsp3) is 0. The van der Waals surface area contributed by atoms with E-state index in [9.17, 15) is 13.6 Å². The van der Waals surface area contributed by atoms with Gasteiger partial charge in [0.2, 0.25) is 5.96 Å². The van der Waals surface area contributed by atoms with Crippen LogP contribution in [0.1, 0.15) is 10.4 Å². The van der Waals surface area contributed by atoms with Crippen LogP contribution in [0.3, 0.4) is 0 Å². The molecule has 9 heteroatoms. The van der Waals surface area contributed by atoms with Crippen LogP contribution in [-0.4, -0.2) is 23.0 Å². The lowest BCUT2D eigenvalue weighted by Crippen LogP contribution is -2.26. The number of nitrogens with zero attached hydrogens (tertiary/aromatic N) is 2. The number of nitrogens with two attached hydrogens (primary N) is 3. The monoisotopic (exact) mass is 257 g/mol. The predicted molar refractivity (Wildman–Crippen MR) is 60.4 cm³/mol. The van der Waals surface area contributed by atoms with Gasteiger partial charge >= 0.3 is 5.97 Å². The molecule has 0 bridgehead atoms. The minimum atomic E-state index is -1.69. The first-order valence-electron chi connectivity index (χ1n) is 4.48. The van der Waals surface area contributed by atoms with Crippen LogP contribution in [0.4, 0.5) is 14.5 Å². The van der Waals surface area contributed by atoms with Crippen molar-refractivity contribution in [1.29, 1.82) is 0 Å². The highest BCUT2D eigenvalue weighted by Gasteiger charge is 2.19. The van der Waals surface area contributed by atoms with Gasteiger partial charge in [-0.3, -0.25) is 0 Å². The van der Waals surface area contributed by atoms with Crippen LogP contribution in [0, 0.1) is 11.6 Å². The van der Waals surface area contributed by atoms with E-state index >= 15 is 0 Å². The van der Waals surface area contributed by atoms with Gasteiger partial charge in [0.15, 0.2) is 17.6 Å². The van der Waals surface area contributed by atoms with E-state index in [2.05, 4.69) is 9.98 Å². The standard InChI is InChI=1S/C9H9F2N5O2/c10-3-1-2-4(5(6(3)11)7(17)18)15-9(14)16-8(12)13/h1-2H,(H,17,18)(H6,12,13,14,15,16). The average Bonchev–Trinajstić information content (AvgIpc) is 2.21. The van der Waals surface area contributed by atoms with Crippen molar-refractivity contribution in [3.8, 4) is 0 Å². The molecule has 0 saturated heterocycles. The Hall–Kier alpha value is -2.71. The Bertz CT molecular complexity index is 552. The lowest BCUT2D eigenvalue weighted by molar-refractivity contribution is 0.0691. The normalized spacial score (nSPS) is 11.1. The van der Waals surface area contributed by atoms with E-state index in [1.165, 1.54) is 0 Å². The third-order valence-corrected chi connectivity index (χ3v) is 1.77. The van der Waals surface area contributed by atoms with Crippen LogP contribution >= 0.6 is 0 Å². The Morgan fingerprint density at radius 2 is 1.83 bits per heavy atom. The second kappa shape index (κ2) is 5.08. The maximum absolute atomic E-state index is 13.3. The first-order valence-corrected chi connectivity index (χ1v) is 4.48. The summed E-state index contributed by atoms with van der Waals surface area (Å²) in [6.07, 6.45) is 0. The first-order chi connectivity index (χ1) is 8.32. The third kappa shape index (κ3) is 2.90. The Kier molecular flexibility index (Phi) is 3.77. The molecular weight excluding hydrogens is 248 g/mol. The number of benzene rings is 1. The molecule has 0 unspecified atom stereocenters. The minimum Gasteiger partial charge on any atom is -0.478 e. The van der Waals surface area contributed by atoms with Gasteiger partial charge in [-0.15, -0.1) is 0 Å². The highest BCUT2D eigenvalue weighted by atomic mass is 19.2. The van der Waals surface area contributed by atoms with Gasteiger partial charge in [0, 0.05) is 0 Å². The number of aromatic carboxylic acids is 1. The number of hydrogen-bond acceptors (Lipinski definition) is 2. The molecule has 1 aromatic carbocycles. The molecule has 0 heterocycles. The molecule has 0 spiro atoms. The summed E-state index contributed by atoms with van der Waals surface area (Å²) in [6, 6.07) is 1.65. The number of halogens is 2. The van der Waals surface area contributed by atoms with E-state index in [1.54, 1.807) is 0 Å². The number of carboxylic acids is 1. The molecule has 0 saturated carbocycles. The summed E-state index contributed by atoms with van der Waals surface area (Å²) < 4.78 is 26.2. The van der Waals surface area contributed by atoms with Gasteiger partial charge in [0.25, 0.3) is 0 Å². The van der Waals surface area contributed by atoms with Gasteiger partial charge in [0.05, 0.1) is 5.69 Å². The Balaban J connectivity index is 3.38. The molecule has 0 radical (unpaired) electrons. The van der Waals surface area contributed by atoms with Crippen molar-refractivity contribution < 1.29 is 18.7 Å². The van der Waals surface area contributed by atoms with Crippen LogP contribution in [0.2, 0.25) is 0 Å². The number of carboxylic acid groups (broad SMARTS) is 1. The quantitative estimate of drug-likeness (QED) is 0.432. The smallest absolute Gasteiger partial charge is 0.341 e. The van der Waals surface area contributed by atoms with Gasteiger partial charge in [-0.2, -0.15) is 4.99 Å². The zero-order chi connectivity index (χ0) is 13.9. The van der Waals surface area contributed by atoms with Crippen LogP contribution in [0.15, 0.2) is 22.1 Å². The molecule has 0 amide bonds. The topological polar surface area (TPSA) is 140 Å². The van der Waals surface area contributed by atoms with Crippen molar-refractivity contribution in [3.05, 3.63) is 29.3 Å². The maximum atomic E-state index is 13.3. The van der Waals surface area contributed by atoms with Crippen molar-refractivity contribution in [2.24, 2.45) is 27.2 Å².